The van der Waals surface area contributed by atoms with Crippen molar-refractivity contribution in [2.45, 2.75) is 45.6 Å². The van der Waals surface area contributed by atoms with Crippen LogP contribution in [0.5, 0.6) is 0 Å². The molecule has 0 radical (unpaired) electrons. The van der Waals surface area contributed by atoms with Gasteiger partial charge in [0.2, 0.25) is 5.91 Å². The number of nitrogens with zero attached hydrogens (tertiary/aromatic N) is 1. The maximum atomic E-state index is 12.5. The van der Waals surface area contributed by atoms with Crippen LogP contribution in [-0.4, -0.2) is 24.4 Å². The minimum Gasteiger partial charge on any atom is -0.347 e. The number of amides is 2. The Kier molecular flexibility index (Phi) is 4.86. The van der Waals surface area contributed by atoms with Crippen LogP contribution in [0.4, 0.5) is 5.69 Å². The van der Waals surface area contributed by atoms with Gasteiger partial charge >= 0.3 is 0 Å². The molecule has 1 atom stereocenters. The predicted molar refractivity (Wildman–Crippen MR) is 105 cm³/mol. The van der Waals surface area contributed by atoms with Gasteiger partial charge in [0.25, 0.3) is 5.91 Å². The van der Waals surface area contributed by atoms with E-state index in [0.717, 1.165) is 11.3 Å². The minimum absolute atomic E-state index is 0.0437. The Hall–Kier alpha value is -2.62. The summed E-state index contributed by atoms with van der Waals surface area (Å²) in [6.07, 6.45) is 0.333. The molecule has 2 aromatic carbocycles. The van der Waals surface area contributed by atoms with Gasteiger partial charge in [-0.3, -0.25) is 9.59 Å². The Morgan fingerprint density at radius 2 is 1.65 bits per heavy atom. The second-order valence-corrected chi connectivity index (χ2v) is 8.04. The van der Waals surface area contributed by atoms with Crippen LogP contribution in [0.3, 0.4) is 0 Å². The molecule has 136 valence electrons. The first-order chi connectivity index (χ1) is 12.2. The molecule has 2 aromatic rings. The average molecular weight is 350 g/mol. The highest BCUT2D eigenvalue weighted by atomic mass is 16.2. The number of hydrogen-bond donors (Lipinski definition) is 1. The van der Waals surface area contributed by atoms with Crippen molar-refractivity contribution >= 4 is 17.5 Å². The molecule has 1 aliphatic heterocycles. The van der Waals surface area contributed by atoms with Gasteiger partial charge in [0.05, 0.1) is 6.04 Å². The topological polar surface area (TPSA) is 49.4 Å². The molecule has 0 aromatic heterocycles. The van der Waals surface area contributed by atoms with Gasteiger partial charge in [-0.15, -0.1) is 0 Å². The molecule has 3 rings (SSSR count). The number of anilines is 1. The molecule has 1 fully saturated rings. The van der Waals surface area contributed by atoms with Crippen LogP contribution in [0.25, 0.3) is 0 Å². The van der Waals surface area contributed by atoms with Crippen molar-refractivity contribution in [1.29, 1.82) is 0 Å². The van der Waals surface area contributed by atoms with Gasteiger partial charge in [0.15, 0.2) is 0 Å². The van der Waals surface area contributed by atoms with Gasteiger partial charge in [0.1, 0.15) is 0 Å². The number of carbonyl (C=O) groups excluding carboxylic acids is 2. The first kappa shape index (κ1) is 18.2. The third-order valence-electron chi connectivity index (χ3n) is 4.82. The molecule has 4 heteroatoms. The van der Waals surface area contributed by atoms with E-state index in [9.17, 15) is 9.59 Å². The van der Waals surface area contributed by atoms with Crippen molar-refractivity contribution < 1.29 is 9.59 Å². The normalized spacial score (nSPS) is 17.5. The molecule has 1 aliphatic rings. The summed E-state index contributed by atoms with van der Waals surface area (Å²) in [6, 6.07) is 15.4. The molecule has 0 bridgehead atoms. The summed E-state index contributed by atoms with van der Waals surface area (Å²) in [4.78, 5) is 26.6. The monoisotopic (exact) mass is 350 g/mol. The van der Waals surface area contributed by atoms with Crippen LogP contribution in [-0.2, 0) is 10.2 Å². The fraction of sp³-hybridized carbons (Fsp3) is 0.364. The molecule has 0 unspecified atom stereocenters. The van der Waals surface area contributed by atoms with Gasteiger partial charge in [-0.05, 0) is 42.2 Å². The van der Waals surface area contributed by atoms with Gasteiger partial charge in [-0.1, -0.05) is 50.6 Å². The van der Waals surface area contributed by atoms with Crippen LogP contribution in [0.1, 0.15) is 48.7 Å². The van der Waals surface area contributed by atoms with Crippen molar-refractivity contribution in [2.24, 2.45) is 0 Å². The lowest BCUT2D eigenvalue weighted by atomic mass is 9.86. The number of rotatable bonds is 3. The fourth-order valence-corrected chi connectivity index (χ4v) is 3.17. The van der Waals surface area contributed by atoms with Crippen LogP contribution < -0.4 is 10.2 Å². The van der Waals surface area contributed by atoms with Crippen molar-refractivity contribution in [1.82, 2.24) is 5.32 Å². The number of hydrogen-bond acceptors (Lipinski definition) is 2. The van der Waals surface area contributed by atoms with Gasteiger partial charge < -0.3 is 10.2 Å². The standard InChI is InChI=1S/C22H26N2O2/c1-15-5-11-19(12-6-15)24-14-18(13-20(24)25)23-21(26)16-7-9-17(10-8-16)22(2,3)4/h5-12,18H,13-14H2,1-4H3,(H,23,26)/t18-/m0/s1. The summed E-state index contributed by atoms with van der Waals surface area (Å²) in [6.45, 7) is 8.96. The number of nitrogens with one attached hydrogen (secondary N) is 1. The van der Waals surface area contributed by atoms with E-state index in [1.165, 1.54) is 5.56 Å². The second-order valence-electron chi connectivity index (χ2n) is 8.04. The van der Waals surface area contributed by atoms with Crippen molar-refractivity contribution in [3.05, 3.63) is 65.2 Å². The Bertz CT molecular complexity index is 802. The SMILES string of the molecule is Cc1ccc(N2C[C@@H](NC(=O)c3ccc(C(C)(C)C)cc3)CC2=O)cc1. The smallest absolute Gasteiger partial charge is 0.251 e. The lowest BCUT2D eigenvalue weighted by Gasteiger charge is -2.19. The van der Waals surface area contributed by atoms with E-state index in [2.05, 4.69) is 26.1 Å². The van der Waals surface area contributed by atoms with E-state index in [1.54, 1.807) is 4.90 Å². The first-order valence-electron chi connectivity index (χ1n) is 9.02. The molecule has 0 aliphatic carbocycles. The number of carbonyl (C=O) groups is 2. The van der Waals surface area contributed by atoms with Crippen LogP contribution in [0, 0.1) is 6.92 Å². The maximum Gasteiger partial charge on any atom is 0.251 e. The molecule has 1 heterocycles. The van der Waals surface area contributed by atoms with E-state index < -0.39 is 0 Å². The Balaban J connectivity index is 1.65. The summed E-state index contributed by atoms with van der Waals surface area (Å²) in [5.74, 6) is -0.0868. The summed E-state index contributed by atoms with van der Waals surface area (Å²) >= 11 is 0. The van der Waals surface area contributed by atoms with Gasteiger partial charge in [-0.2, -0.15) is 0 Å². The van der Waals surface area contributed by atoms with Crippen LogP contribution >= 0.6 is 0 Å². The van der Waals surface area contributed by atoms with E-state index in [-0.39, 0.29) is 23.3 Å². The van der Waals surface area contributed by atoms with Gasteiger partial charge in [-0.25, -0.2) is 0 Å². The van der Waals surface area contributed by atoms with Gasteiger partial charge in [0, 0.05) is 24.2 Å². The predicted octanol–water partition coefficient (Wildman–Crippen LogP) is 3.83. The van der Waals surface area contributed by atoms with E-state index in [0.29, 0.717) is 18.5 Å². The molecule has 0 saturated carbocycles. The molecule has 0 spiro atoms. The highest BCUT2D eigenvalue weighted by Crippen LogP contribution is 2.24. The quantitative estimate of drug-likeness (QED) is 0.915. The lowest BCUT2D eigenvalue weighted by molar-refractivity contribution is -0.117. The zero-order valence-corrected chi connectivity index (χ0v) is 15.9. The zero-order valence-electron chi connectivity index (χ0n) is 15.9. The number of benzene rings is 2. The van der Waals surface area contributed by atoms with Crippen LogP contribution in [0.2, 0.25) is 0 Å². The lowest BCUT2D eigenvalue weighted by Crippen LogP contribution is -2.37. The van der Waals surface area contributed by atoms with Crippen molar-refractivity contribution in [3.8, 4) is 0 Å². The molecular formula is C22H26N2O2. The summed E-state index contributed by atoms with van der Waals surface area (Å²) < 4.78 is 0. The number of aryl methyl sites for hydroxylation is 1. The van der Waals surface area contributed by atoms with Crippen LogP contribution in [0.15, 0.2) is 48.5 Å². The second kappa shape index (κ2) is 6.94. The Morgan fingerprint density at radius 3 is 2.23 bits per heavy atom. The molecule has 2 amide bonds. The first-order valence-corrected chi connectivity index (χ1v) is 9.02. The average Bonchev–Trinajstić information content (AvgIpc) is 2.95. The maximum absolute atomic E-state index is 12.5. The highest BCUT2D eigenvalue weighted by molar-refractivity contribution is 5.99. The third kappa shape index (κ3) is 3.96. The van der Waals surface area contributed by atoms with Crippen molar-refractivity contribution in [2.75, 3.05) is 11.4 Å². The third-order valence-corrected chi connectivity index (χ3v) is 4.82. The molecule has 26 heavy (non-hydrogen) atoms. The summed E-state index contributed by atoms with van der Waals surface area (Å²) in [5.41, 5.74) is 3.91. The Labute approximate surface area is 155 Å². The largest absolute Gasteiger partial charge is 0.347 e. The highest BCUT2D eigenvalue weighted by Gasteiger charge is 2.31. The van der Waals surface area contributed by atoms with E-state index in [4.69, 9.17) is 0 Å². The van der Waals surface area contributed by atoms with Crippen molar-refractivity contribution in [3.63, 3.8) is 0 Å². The van der Waals surface area contributed by atoms with E-state index >= 15 is 0 Å². The zero-order chi connectivity index (χ0) is 18.9. The molecular weight excluding hydrogens is 324 g/mol. The molecule has 1 saturated heterocycles. The Morgan fingerprint density at radius 1 is 1.04 bits per heavy atom. The summed E-state index contributed by atoms with van der Waals surface area (Å²) in [5, 5.41) is 2.99. The molecule has 4 nitrogen and oxygen atoms in total. The fourth-order valence-electron chi connectivity index (χ4n) is 3.17. The van der Waals surface area contributed by atoms with E-state index in [1.807, 2.05) is 55.5 Å². The minimum atomic E-state index is -0.168. The summed E-state index contributed by atoms with van der Waals surface area (Å²) in [7, 11) is 0. The molecule has 1 N–H and O–H groups in total.